The van der Waals surface area contributed by atoms with Crippen LogP contribution in [0.3, 0.4) is 0 Å². The maximum absolute atomic E-state index is 6.66. The first-order chi connectivity index (χ1) is 8.52. The predicted octanol–water partition coefficient (Wildman–Crippen LogP) is 2.74. The Morgan fingerprint density at radius 1 is 1.17 bits per heavy atom. The molecule has 2 saturated heterocycles. The average molecular weight is 247 g/mol. The Bertz CT molecular complexity index is 366. The van der Waals surface area contributed by atoms with Gasteiger partial charge in [0.25, 0.3) is 0 Å². The zero-order chi connectivity index (χ0) is 12.5. The van der Waals surface area contributed by atoms with E-state index in [4.69, 9.17) is 4.65 Å². The normalized spacial score (nSPS) is 53.2. The van der Waals surface area contributed by atoms with Gasteiger partial charge in [0.05, 0.1) is 5.60 Å². The van der Waals surface area contributed by atoms with Crippen molar-refractivity contribution in [3.05, 3.63) is 0 Å². The summed E-state index contributed by atoms with van der Waals surface area (Å²) in [7, 11) is 0. The lowest BCUT2D eigenvalue weighted by atomic mass is 9.41. The molecule has 2 unspecified atom stereocenters. The fourth-order valence-electron chi connectivity index (χ4n) is 5.69. The van der Waals surface area contributed by atoms with Crippen LogP contribution < -0.4 is 5.32 Å². The topological polar surface area (TPSA) is 21.3 Å². The standard InChI is InChI=1S/C15H26BNO/c1-14(2)10-7-11-9-16(13-5-4-6-17-13)18-15(11,3)12(14)8-10/h10-13,17H,4-9H2,1-3H3/t10?,11-,12?,13-,15+/m0/s1. The molecule has 0 aromatic heterocycles. The lowest BCUT2D eigenvalue weighted by molar-refractivity contribution is -0.197. The third-order valence-corrected chi connectivity index (χ3v) is 7.01. The monoisotopic (exact) mass is 247 g/mol. The first-order valence-electron chi connectivity index (χ1n) is 7.93. The van der Waals surface area contributed by atoms with E-state index in [1.807, 2.05) is 0 Å². The first kappa shape index (κ1) is 11.8. The van der Waals surface area contributed by atoms with Crippen molar-refractivity contribution in [2.75, 3.05) is 6.54 Å². The molecule has 0 amide bonds. The third-order valence-electron chi connectivity index (χ3n) is 7.01. The summed E-state index contributed by atoms with van der Waals surface area (Å²) in [4.78, 5) is 0. The molecule has 5 rings (SSSR count). The zero-order valence-electron chi connectivity index (χ0n) is 12.0. The van der Waals surface area contributed by atoms with E-state index in [1.165, 1.54) is 38.5 Å². The Morgan fingerprint density at radius 2 is 2.00 bits per heavy atom. The minimum atomic E-state index is 0.188. The summed E-state index contributed by atoms with van der Waals surface area (Å²) in [5, 5.41) is 3.65. The van der Waals surface area contributed by atoms with Gasteiger partial charge in [0.15, 0.2) is 0 Å². The molecule has 0 radical (unpaired) electrons. The Morgan fingerprint density at radius 3 is 2.67 bits per heavy atom. The van der Waals surface area contributed by atoms with E-state index in [9.17, 15) is 0 Å². The van der Waals surface area contributed by atoms with Gasteiger partial charge in [-0.1, -0.05) is 13.8 Å². The Labute approximate surface area is 111 Å². The highest BCUT2D eigenvalue weighted by atomic mass is 16.5. The van der Waals surface area contributed by atoms with Gasteiger partial charge in [0.2, 0.25) is 0 Å². The quantitative estimate of drug-likeness (QED) is 0.719. The van der Waals surface area contributed by atoms with Crippen LogP contribution in [0, 0.1) is 23.2 Å². The van der Waals surface area contributed by atoms with E-state index in [0.717, 1.165) is 17.8 Å². The van der Waals surface area contributed by atoms with Crippen LogP contribution in [0.5, 0.6) is 0 Å². The Hall–Kier alpha value is -0.0151. The summed E-state index contributed by atoms with van der Waals surface area (Å²) in [6.07, 6.45) is 6.82. The molecule has 2 aliphatic heterocycles. The van der Waals surface area contributed by atoms with Crippen LogP contribution in [-0.2, 0) is 4.65 Å². The highest BCUT2D eigenvalue weighted by molar-refractivity contribution is 6.54. The fraction of sp³-hybridized carbons (Fsp3) is 1.00. The molecule has 5 atom stereocenters. The summed E-state index contributed by atoms with van der Waals surface area (Å²) in [5.74, 6) is 3.26. The van der Waals surface area contributed by atoms with E-state index < -0.39 is 0 Å². The van der Waals surface area contributed by atoms with Gasteiger partial charge in [-0.05, 0) is 68.6 Å². The van der Waals surface area contributed by atoms with Crippen molar-refractivity contribution in [3.8, 4) is 0 Å². The second kappa shape index (κ2) is 3.55. The molecular weight excluding hydrogens is 221 g/mol. The van der Waals surface area contributed by atoms with Crippen LogP contribution in [0.25, 0.3) is 0 Å². The molecular formula is C15H26BNO. The van der Waals surface area contributed by atoms with Crippen LogP contribution in [0.1, 0.15) is 46.5 Å². The first-order valence-corrected chi connectivity index (χ1v) is 7.93. The maximum atomic E-state index is 6.66. The fourth-order valence-corrected chi connectivity index (χ4v) is 5.69. The third kappa shape index (κ3) is 1.33. The Balaban J connectivity index is 1.57. The van der Waals surface area contributed by atoms with Crippen LogP contribution in [0.4, 0.5) is 0 Å². The largest absolute Gasteiger partial charge is 0.429 e. The maximum Gasteiger partial charge on any atom is 0.311 e. The summed E-state index contributed by atoms with van der Waals surface area (Å²) in [5.41, 5.74) is 0.719. The van der Waals surface area contributed by atoms with Gasteiger partial charge in [-0.3, -0.25) is 0 Å². The molecule has 0 spiro atoms. The van der Waals surface area contributed by atoms with E-state index in [-0.39, 0.29) is 5.60 Å². The zero-order valence-corrected chi connectivity index (χ0v) is 12.0. The van der Waals surface area contributed by atoms with Gasteiger partial charge in [0, 0.05) is 5.94 Å². The van der Waals surface area contributed by atoms with E-state index in [1.54, 1.807) is 0 Å². The summed E-state index contributed by atoms with van der Waals surface area (Å²) < 4.78 is 6.66. The minimum Gasteiger partial charge on any atom is -0.429 e. The summed E-state index contributed by atoms with van der Waals surface area (Å²) in [6, 6.07) is 0. The number of hydrogen-bond acceptors (Lipinski definition) is 2. The molecule has 1 N–H and O–H groups in total. The molecule has 2 nitrogen and oxygen atoms in total. The molecule has 0 aromatic carbocycles. The van der Waals surface area contributed by atoms with Crippen molar-refractivity contribution in [1.82, 2.24) is 5.32 Å². The molecule has 3 heteroatoms. The minimum absolute atomic E-state index is 0.188. The van der Waals surface area contributed by atoms with Crippen molar-refractivity contribution in [3.63, 3.8) is 0 Å². The number of hydrogen-bond donors (Lipinski definition) is 1. The predicted molar refractivity (Wildman–Crippen MR) is 74.6 cm³/mol. The van der Waals surface area contributed by atoms with Crippen molar-refractivity contribution in [2.45, 2.75) is 64.3 Å². The van der Waals surface area contributed by atoms with Gasteiger partial charge in [-0.25, -0.2) is 0 Å². The highest BCUT2D eigenvalue weighted by Gasteiger charge is 2.67. The van der Waals surface area contributed by atoms with E-state index in [0.29, 0.717) is 18.3 Å². The van der Waals surface area contributed by atoms with Crippen LogP contribution >= 0.6 is 0 Å². The molecule has 3 saturated carbocycles. The van der Waals surface area contributed by atoms with Gasteiger partial charge in [-0.15, -0.1) is 0 Å². The molecule has 5 aliphatic rings. The number of nitrogens with one attached hydrogen (secondary N) is 1. The molecule has 3 aliphatic carbocycles. The van der Waals surface area contributed by atoms with Crippen molar-refractivity contribution in [2.24, 2.45) is 23.2 Å². The average Bonchev–Trinajstić information content (AvgIpc) is 2.92. The lowest BCUT2D eigenvalue weighted by Crippen LogP contribution is -2.63. The van der Waals surface area contributed by atoms with Gasteiger partial charge in [0.1, 0.15) is 0 Å². The summed E-state index contributed by atoms with van der Waals surface area (Å²) in [6.45, 7) is 9.06. The van der Waals surface area contributed by atoms with E-state index >= 15 is 0 Å². The second-order valence-corrected chi connectivity index (χ2v) is 8.02. The van der Waals surface area contributed by atoms with Crippen molar-refractivity contribution >= 4 is 6.92 Å². The lowest BCUT2D eigenvalue weighted by Gasteiger charge is -2.65. The van der Waals surface area contributed by atoms with Gasteiger partial charge >= 0.3 is 6.92 Å². The van der Waals surface area contributed by atoms with Gasteiger partial charge < -0.3 is 9.97 Å². The summed E-state index contributed by atoms with van der Waals surface area (Å²) >= 11 is 0. The Kier molecular flexibility index (Phi) is 2.32. The SMILES string of the molecule is CC1(C)C2CC1[C@]1(C)OB([C@@H]3CCCN3)C[C@@H]1C2. The van der Waals surface area contributed by atoms with E-state index in [2.05, 4.69) is 26.1 Å². The molecule has 2 heterocycles. The van der Waals surface area contributed by atoms with Gasteiger partial charge in [-0.2, -0.15) is 0 Å². The number of rotatable bonds is 1. The molecule has 5 fully saturated rings. The second-order valence-electron chi connectivity index (χ2n) is 8.02. The van der Waals surface area contributed by atoms with Crippen molar-refractivity contribution < 1.29 is 4.65 Å². The highest BCUT2D eigenvalue weighted by Crippen LogP contribution is 2.68. The van der Waals surface area contributed by atoms with Crippen LogP contribution in [0.2, 0.25) is 6.32 Å². The smallest absolute Gasteiger partial charge is 0.311 e. The molecule has 100 valence electrons. The van der Waals surface area contributed by atoms with Crippen molar-refractivity contribution in [1.29, 1.82) is 0 Å². The van der Waals surface area contributed by atoms with Crippen LogP contribution in [-0.4, -0.2) is 25.0 Å². The molecule has 18 heavy (non-hydrogen) atoms. The van der Waals surface area contributed by atoms with Crippen LogP contribution in [0.15, 0.2) is 0 Å². The molecule has 0 aromatic rings. The molecule has 2 bridgehead atoms.